The minimum atomic E-state index is 0.321. The van der Waals surface area contributed by atoms with Gasteiger partial charge in [-0.1, -0.05) is 6.92 Å². The predicted octanol–water partition coefficient (Wildman–Crippen LogP) is 3.23. The normalized spacial score (nSPS) is 12.8. The Balaban J connectivity index is 1.81. The molecule has 0 aliphatic heterocycles. The summed E-state index contributed by atoms with van der Waals surface area (Å²) in [6.07, 6.45) is 4.50. The second-order valence-electron chi connectivity index (χ2n) is 4.72. The number of carbonyl (C=O) groups is 1. The van der Waals surface area contributed by atoms with E-state index in [4.69, 9.17) is 4.74 Å². The lowest BCUT2D eigenvalue weighted by atomic mass is 9.85. The van der Waals surface area contributed by atoms with Crippen molar-refractivity contribution >= 4 is 5.78 Å². The van der Waals surface area contributed by atoms with Gasteiger partial charge in [0, 0.05) is 12.8 Å². The van der Waals surface area contributed by atoms with Gasteiger partial charge in [0.05, 0.1) is 6.61 Å². The Kier molecular flexibility index (Phi) is 3.82. The molecule has 1 aliphatic rings. The van der Waals surface area contributed by atoms with Gasteiger partial charge in [-0.25, -0.2) is 0 Å². The zero-order valence-electron chi connectivity index (χ0n) is 10.7. The number of Topliss-reactive ketones (excluding diaryl/α,β-unsaturated/α-hetero) is 1. The summed E-state index contributed by atoms with van der Waals surface area (Å²) in [6.45, 7) is 4.69. The molecule has 1 aliphatic carbocycles. The minimum absolute atomic E-state index is 0.321. The van der Waals surface area contributed by atoms with Crippen LogP contribution >= 0.6 is 0 Å². The summed E-state index contributed by atoms with van der Waals surface area (Å²) in [4.78, 5) is 11.1. The molecule has 0 bridgehead atoms. The van der Waals surface area contributed by atoms with E-state index >= 15 is 0 Å². The summed E-state index contributed by atoms with van der Waals surface area (Å²) in [5.74, 6) is 1.28. The first kappa shape index (κ1) is 12.2. The quantitative estimate of drug-likeness (QED) is 0.704. The van der Waals surface area contributed by atoms with Crippen molar-refractivity contribution in [3.63, 3.8) is 0 Å². The Bertz CT molecular complexity index is 404. The molecular weight excluding hydrogens is 212 g/mol. The van der Waals surface area contributed by atoms with E-state index in [0.717, 1.165) is 12.2 Å². The SMILES string of the molecule is CCC(=O)CCCOc1cc(C)c2c(c1)CC2. The monoisotopic (exact) mass is 232 g/mol. The average Bonchev–Trinajstić information content (AvgIpc) is 2.27. The largest absolute Gasteiger partial charge is 0.494 e. The zero-order valence-corrected chi connectivity index (χ0v) is 10.7. The third-order valence-corrected chi connectivity index (χ3v) is 3.45. The number of benzene rings is 1. The second-order valence-corrected chi connectivity index (χ2v) is 4.72. The van der Waals surface area contributed by atoms with Crippen LogP contribution in [0.25, 0.3) is 0 Å². The molecule has 0 saturated heterocycles. The molecule has 1 aromatic carbocycles. The van der Waals surface area contributed by atoms with E-state index in [1.54, 1.807) is 0 Å². The first-order valence-electron chi connectivity index (χ1n) is 6.47. The van der Waals surface area contributed by atoms with Gasteiger partial charge >= 0.3 is 0 Å². The summed E-state index contributed by atoms with van der Waals surface area (Å²) in [7, 11) is 0. The number of rotatable bonds is 6. The molecule has 2 nitrogen and oxygen atoms in total. The highest BCUT2D eigenvalue weighted by Gasteiger charge is 2.16. The molecule has 17 heavy (non-hydrogen) atoms. The standard InChI is InChI=1S/C15H20O2/c1-3-13(16)5-4-8-17-14-9-11(2)15-7-6-12(15)10-14/h9-10H,3-8H2,1-2H3. The van der Waals surface area contributed by atoms with Crippen molar-refractivity contribution in [3.8, 4) is 5.75 Å². The molecule has 0 spiro atoms. The Morgan fingerprint density at radius 1 is 1.35 bits per heavy atom. The number of hydrogen-bond donors (Lipinski definition) is 0. The molecule has 0 atom stereocenters. The van der Waals surface area contributed by atoms with Gasteiger partial charge in [-0.3, -0.25) is 4.79 Å². The number of fused-ring (bicyclic) bond motifs is 1. The lowest BCUT2D eigenvalue weighted by Crippen LogP contribution is -2.11. The summed E-state index contributed by atoms with van der Waals surface area (Å²) >= 11 is 0. The van der Waals surface area contributed by atoms with Gasteiger partial charge in [-0.2, -0.15) is 0 Å². The van der Waals surface area contributed by atoms with Crippen molar-refractivity contribution in [2.24, 2.45) is 0 Å². The van der Waals surface area contributed by atoms with Crippen LogP contribution < -0.4 is 4.74 Å². The molecule has 2 rings (SSSR count). The topological polar surface area (TPSA) is 26.3 Å². The molecule has 92 valence electrons. The number of ether oxygens (including phenoxy) is 1. The lowest BCUT2D eigenvalue weighted by molar-refractivity contribution is -0.118. The Morgan fingerprint density at radius 2 is 2.18 bits per heavy atom. The minimum Gasteiger partial charge on any atom is -0.494 e. The zero-order chi connectivity index (χ0) is 12.3. The van der Waals surface area contributed by atoms with Crippen LogP contribution in [0, 0.1) is 6.92 Å². The van der Waals surface area contributed by atoms with Gasteiger partial charge in [0.2, 0.25) is 0 Å². The van der Waals surface area contributed by atoms with E-state index in [2.05, 4.69) is 19.1 Å². The predicted molar refractivity (Wildman–Crippen MR) is 68.6 cm³/mol. The molecular formula is C15H20O2. The first-order valence-corrected chi connectivity index (χ1v) is 6.47. The average molecular weight is 232 g/mol. The molecule has 0 radical (unpaired) electrons. The van der Waals surface area contributed by atoms with E-state index in [-0.39, 0.29) is 0 Å². The van der Waals surface area contributed by atoms with Crippen LogP contribution in [0.4, 0.5) is 0 Å². The van der Waals surface area contributed by atoms with E-state index in [0.29, 0.717) is 25.2 Å². The van der Waals surface area contributed by atoms with Crippen molar-refractivity contribution in [1.29, 1.82) is 0 Å². The van der Waals surface area contributed by atoms with Gasteiger partial charge in [-0.15, -0.1) is 0 Å². The maximum atomic E-state index is 11.1. The van der Waals surface area contributed by atoms with E-state index in [1.807, 2.05) is 6.92 Å². The second kappa shape index (κ2) is 5.35. The van der Waals surface area contributed by atoms with Crippen LogP contribution in [0.3, 0.4) is 0 Å². The summed E-state index contributed by atoms with van der Waals surface area (Å²) in [5.41, 5.74) is 4.27. The van der Waals surface area contributed by atoms with Crippen molar-refractivity contribution in [2.75, 3.05) is 6.61 Å². The molecule has 0 N–H and O–H groups in total. The molecule has 2 heteroatoms. The Morgan fingerprint density at radius 3 is 2.76 bits per heavy atom. The summed E-state index contributed by atoms with van der Waals surface area (Å²) < 4.78 is 5.70. The van der Waals surface area contributed by atoms with E-state index in [9.17, 15) is 4.79 Å². The summed E-state index contributed by atoms with van der Waals surface area (Å²) in [6, 6.07) is 4.26. The van der Waals surface area contributed by atoms with Crippen molar-refractivity contribution in [1.82, 2.24) is 0 Å². The van der Waals surface area contributed by atoms with E-state index in [1.165, 1.54) is 29.5 Å². The first-order chi connectivity index (χ1) is 8.20. The maximum Gasteiger partial charge on any atom is 0.132 e. The van der Waals surface area contributed by atoms with Crippen LogP contribution in [-0.4, -0.2) is 12.4 Å². The summed E-state index contributed by atoms with van der Waals surface area (Å²) in [5, 5.41) is 0. The maximum absolute atomic E-state index is 11.1. The van der Waals surface area contributed by atoms with Gasteiger partial charge in [0.1, 0.15) is 11.5 Å². The number of ketones is 1. The van der Waals surface area contributed by atoms with Gasteiger partial charge in [0.15, 0.2) is 0 Å². The molecule has 0 aromatic heterocycles. The fraction of sp³-hybridized carbons (Fsp3) is 0.533. The van der Waals surface area contributed by atoms with Gasteiger partial charge in [0.25, 0.3) is 0 Å². The molecule has 0 unspecified atom stereocenters. The third kappa shape index (κ3) is 2.87. The smallest absolute Gasteiger partial charge is 0.132 e. The molecule has 0 fully saturated rings. The lowest BCUT2D eigenvalue weighted by Gasteiger charge is -2.22. The fourth-order valence-electron chi connectivity index (χ4n) is 2.24. The van der Waals surface area contributed by atoms with Crippen molar-refractivity contribution in [2.45, 2.75) is 46.0 Å². The molecule has 0 saturated carbocycles. The van der Waals surface area contributed by atoms with E-state index < -0.39 is 0 Å². The molecule has 0 amide bonds. The van der Waals surface area contributed by atoms with Crippen LogP contribution in [-0.2, 0) is 17.6 Å². The van der Waals surface area contributed by atoms with Crippen LogP contribution in [0.15, 0.2) is 12.1 Å². The van der Waals surface area contributed by atoms with Gasteiger partial charge < -0.3 is 4.74 Å². The van der Waals surface area contributed by atoms with Crippen LogP contribution in [0.1, 0.15) is 42.9 Å². The highest BCUT2D eigenvalue weighted by Crippen LogP contribution is 2.30. The Labute approximate surface area is 103 Å². The highest BCUT2D eigenvalue weighted by molar-refractivity contribution is 5.77. The fourth-order valence-corrected chi connectivity index (χ4v) is 2.24. The van der Waals surface area contributed by atoms with Crippen molar-refractivity contribution < 1.29 is 9.53 Å². The van der Waals surface area contributed by atoms with Crippen molar-refractivity contribution in [3.05, 3.63) is 28.8 Å². The highest BCUT2D eigenvalue weighted by atomic mass is 16.5. The van der Waals surface area contributed by atoms with Gasteiger partial charge in [-0.05, 0) is 55.0 Å². The van der Waals surface area contributed by atoms with Crippen LogP contribution in [0.2, 0.25) is 0 Å². The number of hydrogen-bond acceptors (Lipinski definition) is 2. The number of aryl methyl sites for hydroxylation is 2. The third-order valence-electron chi connectivity index (χ3n) is 3.45. The Hall–Kier alpha value is -1.31. The number of carbonyl (C=O) groups excluding carboxylic acids is 1. The molecule has 0 heterocycles. The van der Waals surface area contributed by atoms with Crippen LogP contribution in [0.5, 0.6) is 5.75 Å². The molecule has 1 aromatic rings.